The van der Waals surface area contributed by atoms with Gasteiger partial charge in [-0.1, -0.05) is 50.2 Å². The van der Waals surface area contributed by atoms with E-state index in [0.29, 0.717) is 10.6 Å². The largest absolute Gasteiger partial charge is 0.469 e. The third-order valence-corrected chi connectivity index (χ3v) is 6.34. The second-order valence-corrected chi connectivity index (χ2v) is 8.24. The predicted octanol–water partition coefficient (Wildman–Crippen LogP) is 3.52. The van der Waals surface area contributed by atoms with Crippen molar-refractivity contribution in [2.24, 2.45) is 5.92 Å². The molecule has 0 aliphatic heterocycles. The number of esters is 1. The molecule has 4 nitrogen and oxygen atoms in total. The number of hydrogen-bond donors (Lipinski definition) is 0. The van der Waals surface area contributed by atoms with Crippen LogP contribution in [0.1, 0.15) is 20.3 Å². The monoisotopic (exact) mass is 346 g/mol. The van der Waals surface area contributed by atoms with Crippen LogP contribution >= 0.6 is 7.37 Å². The summed E-state index contributed by atoms with van der Waals surface area (Å²) in [7, 11) is -1.97. The summed E-state index contributed by atoms with van der Waals surface area (Å²) in [4.78, 5) is 11.7. The van der Waals surface area contributed by atoms with E-state index in [4.69, 9.17) is 9.26 Å². The smallest absolute Gasteiger partial charge is 0.308 e. The minimum Gasteiger partial charge on any atom is -0.469 e. The van der Waals surface area contributed by atoms with Gasteiger partial charge in [-0.2, -0.15) is 0 Å². The summed E-state index contributed by atoms with van der Waals surface area (Å²) in [6.07, 6.45) is -0.429. The minimum absolute atomic E-state index is 0.0184. The van der Waals surface area contributed by atoms with E-state index in [-0.39, 0.29) is 18.3 Å². The summed E-state index contributed by atoms with van der Waals surface area (Å²) in [6, 6.07) is 18.2. The van der Waals surface area contributed by atoms with Gasteiger partial charge >= 0.3 is 5.97 Å². The van der Waals surface area contributed by atoms with Crippen molar-refractivity contribution in [3.63, 3.8) is 0 Å². The molecule has 0 bridgehead atoms. The molecule has 2 aromatic carbocycles. The van der Waals surface area contributed by atoms with Gasteiger partial charge in [-0.05, 0) is 30.2 Å². The van der Waals surface area contributed by atoms with Crippen molar-refractivity contribution < 1.29 is 18.6 Å². The molecule has 128 valence electrons. The van der Waals surface area contributed by atoms with Gasteiger partial charge in [0.15, 0.2) is 0 Å². The number of methoxy groups -OCH3 is 1. The molecular weight excluding hydrogens is 323 g/mol. The third-order valence-electron chi connectivity index (χ3n) is 3.82. The Kier molecular flexibility index (Phi) is 6.36. The highest BCUT2D eigenvalue weighted by Gasteiger charge is 2.34. The van der Waals surface area contributed by atoms with Crippen molar-refractivity contribution in [3.05, 3.63) is 60.7 Å². The standard InChI is InChI=1S/C19H23O4P/c1-15(2)18(14-19(20)22-3)23-24(21,16-10-6-4-7-11-16)17-12-8-5-9-13-17/h4-13,15,18H,14H2,1-3H3. The minimum atomic E-state index is -3.31. The maximum Gasteiger partial charge on any atom is 0.308 e. The Hall–Kier alpha value is -1.90. The van der Waals surface area contributed by atoms with Crippen LogP contribution < -0.4 is 10.6 Å². The van der Waals surface area contributed by atoms with Gasteiger partial charge in [0.05, 0.1) is 19.6 Å². The topological polar surface area (TPSA) is 52.6 Å². The molecule has 2 rings (SSSR count). The Morgan fingerprint density at radius 1 is 0.958 bits per heavy atom. The maximum atomic E-state index is 13.8. The molecular formula is C19H23O4P. The zero-order chi connectivity index (χ0) is 17.6. The highest BCUT2D eigenvalue weighted by Crippen LogP contribution is 2.47. The zero-order valence-corrected chi connectivity index (χ0v) is 15.1. The van der Waals surface area contributed by atoms with Gasteiger partial charge in [0.1, 0.15) is 0 Å². The first-order valence-electron chi connectivity index (χ1n) is 7.94. The lowest BCUT2D eigenvalue weighted by Crippen LogP contribution is -2.28. The molecule has 2 aromatic rings. The maximum absolute atomic E-state index is 13.8. The summed E-state index contributed by atoms with van der Waals surface area (Å²) in [6.45, 7) is 3.88. The van der Waals surface area contributed by atoms with Crippen LogP contribution in [0.5, 0.6) is 0 Å². The van der Waals surface area contributed by atoms with Crippen molar-refractivity contribution in [3.8, 4) is 0 Å². The summed E-state index contributed by atoms with van der Waals surface area (Å²) in [5, 5.41) is 1.23. The number of rotatable bonds is 7. The quantitative estimate of drug-likeness (QED) is 0.569. The average molecular weight is 346 g/mol. The molecule has 1 unspecified atom stereocenters. The normalized spacial score (nSPS) is 12.8. The van der Waals surface area contributed by atoms with Crippen molar-refractivity contribution in [2.45, 2.75) is 26.4 Å². The Morgan fingerprint density at radius 3 is 1.79 bits per heavy atom. The molecule has 24 heavy (non-hydrogen) atoms. The highest BCUT2D eigenvalue weighted by molar-refractivity contribution is 7.74. The number of hydrogen-bond acceptors (Lipinski definition) is 4. The fraction of sp³-hybridized carbons (Fsp3) is 0.316. The first-order valence-corrected chi connectivity index (χ1v) is 9.56. The van der Waals surface area contributed by atoms with Gasteiger partial charge < -0.3 is 9.26 Å². The van der Waals surface area contributed by atoms with Crippen LogP contribution in [-0.2, 0) is 18.6 Å². The van der Waals surface area contributed by atoms with Crippen molar-refractivity contribution in [2.75, 3.05) is 7.11 Å². The second-order valence-electron chi connectivity index (χ2n) is 5.89. The molecule has 1 atom stereocenters. The van der Waals surface area contributed by atoms with E-state index in [1.807, 2.05) is 50.2 Å². The van der Waals surface area contributed by atoms with E-state index in [9.17, 15) is 9.36 Å². The first-order chi connectivity index (χ1) is 11.5. The molecule has 0 heterocycles. The van der Waals surface area contributed by atoms with Crippen LogP contribution in [0.2, 0.25) is 0 Å². The van der Waals surface area contributed by atoms with Gasteiger partial charge in [-0.3, -0.25) is 9.36 Å². The number of benzene rings is 2. The Morgan fingerprint density at radius 2 is 1.42 bits per heavy atom. The van der Waals surface area contributed by atoms with E-state index in [1.165, 1.54) is 7.11 Å². The predicted molar refractivity (Wildman–Crippen MR) is 96.1 cm³/mol. The van der Waals surface area contributed by atoms with Crippen LogP contribution in [0, 0.1) is 5.92 Å². The molecule has 0 aromatic heterocycles. The van der Waals surface area contributed by atoms with Crippen LogP contribution in [0.3, 0.4) is 0 Å². The van der Waals surface area contributed by atoms with Gasteiger partial charge in [0, 0.05) is 10.6 Å². The lowest BCUT2D eigenvalue weighted by molar-refractivity contribution is -0.142. The number of carbonyl (C=O) groups is 1. The Labute approximate surface area is 143 Å². The third kappa shape index (κ3) is 4.34. The fourth-order valence-corrected chi connectivity index (χ4v) is 4.72. The van der Waals surface area contributed by atoms with Crippen LogP contribution in [0.4, 0.5) is 0 Å². The molecule has 0 saturated heterocycles. The fourth-order valence-electron chi connectivity index (χ4n) is 2.35. The van der Waals surface area contributed by atoms with Crippen molar-refractivity contribution in [1.29, 1.82) is 0 Å². The molecule has 5 heteroatoms. The van der Waals surface area contributed by atoms with Crippen LogP contribution in [0.15, 0.2) is 60.7 Å². The Bertz CT molecular complexity index is 654. The average Bonchev–Trinajstić information content (AvgIpc) is 2.62. The molecule has 0 radical (unpaired) electrons. The van der Waals surface area contributed by atoms with Crippen molar-refractivity contribution in [1.82, 2.24) is 0 Å². The van der Waals surface area contributed by atoms with Crippen LogP contribution in [-0.4, -0.2) is 19.2 Å². The number of carbonyl (C=O) groups excluding carboxylic acids is 1. The van der Waals surface area contributed by atoms with Crippen LogP contribution in [0.25, 0.3) is 0 Å². The second kappa shape index (κ2) is 8.27. The molecule has 0 aliphatic rings. The summed E-state index contributed by atoms with van der Waals surface area (Å²) in [5.74, 6) is -0.355. The molecule has 0 fully saturated rings. The lowest BCUT2D eigenvalue weighted by atomic mass is 10.1. The number of ether oxygens (including phenoxy) is 1. The summed E-state index contributed by atoms with van der Waals surface area (Å²) >= 11 is 0. The molecule has 0 N–H and O–H groups in total. The molecule has 0 saturated carbocycles. The molecule has 0 spiro atoms. The first kappa shape index (κ1) is 18.4. The van der Waals surface area contributed by atoms with Gasteiger partial charge in [0.2, 0.25) is 0 Å². The van der Waals surface area contributed by atoms with Gasteiger partial charge in [-0.25, -0.2) is 0 Å². The summed E-state index contributed by atoms with van der Waals surface area (Å²) in [5.41, 5.74) is 0. The van der Waals surface area contributed by atoms with E-state index in [1.54, 1.807) is 24.3 Å². The highest BCUT2D eigenvalue weighted by atomic mass is 31.2. The molecule has 0 aliphatic carbocycles. The van der Waals surface area contributed by atoms with E-state index in [2.05, 4.69) is 0 Å². The van der Waals surface area contributed by atoms with Crippen molar-refractivity contribution >= 4 is 23.9 Å². The lowest BCUT2D eigenvalue weighted by Gasteiger charge is -2.27. The zero-order valence-electron chi connectivity index (χ0n) is 14.2. The SMILES string of the molecule is COC(=O)CC(OP(=O)(c1ccccc1)c1ccccc1)C(C)C. The summed E-state index contributed by atoms with van der Waals surface area (Å²) < 4.78 is 24.7. The van der Waals surface area contributed by atoms with E-state index in [0.717, 1.165) is 0 Å². The Balaban J connectivity index is 2.43. The van der Waals surface area contributed by atoms with Gasteiger partial charge in [0.25, 0.3) is 7.37 Å². The van der Waals surface area contributed by atoms with E-state index >= 15 is 0 Å². The molecule has 0 amide bonds. The van der Waals surface area contributed by atoms with E-state index < -0.39 is 13.5 Å². The van der Waals surface area contributed by atoms with Gasteiger partial charge in [-0.15, -0.1) is 0 Å².